The second-order valence-corrected chi connectivity index (χ2v) is 5.40. The molecule has 0 spiro atoms. The Kier molecular flexibility index (Phi) is 4.32. The molecule has 1 nitrogen and oxygen atoms in total. The zero-order valence-corrected chi connectivity index (χ0v) is 11.9. The van der Waals surface area contributed by atoms with E-state index >= 15 is 0 Å². The van der Waals surface area contributed by atoms with E-state index < -0.39 is 17.7 Å². The van der Waals surface area contributed by atoms with Crippen LogP contribution < -0.4 is 0 Å². The Hall–Kier alpha value is -1.26. The predicted octanol–water partition coefficient (Wildman–Crippen LogP) is 4.31. The average Bonchev–Trinajstić information content (AvgIpc) is 2.36. The number of benzene rings is 2. The van der Waals surface area contributed by atoms with E-state index in [9.17, 15) is 13.9 Å². The van der Waals surface area contributed by atoms with Gasteiger partial charge in [0.25, 0.3) is 0 Å². The van der Waals surface area contributed by atoms with Gasteiger partial charge in [-0.15, -0.1) is 0 Å². The lowest BCUT2D eigenvalue weighted by Gasteiger charge is -2.13. The molecule has 1 atom stereocenters. The smallest absolute Gasteiger partial charge is 0.129 e. The summed E-state index contributed by atoms with van der Waals surface area (Å²) in [6.07, 6.45) is -1.03. The molecule has 0 aliphatic heterocycles. The monoisotopic (exact) mass is 326 g/mol. The Morgan fingerprint density at radius 3 is 2.53 bits per heavy atom. The van der Waals surface area contributed by atoms with E-state index in [-0.39, 0.29) is 12.0 Å². The van der Waals surface area contributed by atoms with E-state index in [2.05, 4.69) is 15.9 Å². The Bertz CT molecular complexity index is 599. The fourth-order valence-electron chi connectivity index (χ4n) is 1.94. The number of aliphatic hydroxyl groups excluding tert-OH is 1. The Morgan fingerprint density at radius 1 is 1.11 bits per heavy atom. The van der Waals surface area contributed by atoms with Crippen LogP contribution in [-0.4, -0.2) is 5.11 Å². The summed E-state index contributed by atoms with van der Waals surface area (Å²) in [6.45, 7) is 1.81. The number of halogens is 3. The third-order valence-electron chi connectivity index (χ3n) is 2.93. The molecule has 19 heavy (non-hydrogen) atoms. The van der Waals surface area contributed by atoms with Gasteiger partial charge in [0.05, 0.1) is 6.10 Å². The summed E-state index contributed by atoms with van der Waals surface area (Å²) in [5.74, 6) is -0.885. The zero-order chi connectivity index (χ0) is 14.0. The quantitative estimate of drug-likeness (QED) is 0.891. The first kappa shape index (κ1) is 14.2. The fourth-order valence-corrected chi connectivity index (χ4v) is 2.35. The second kappa shape index (κ2) is 5.80. The van der Waals surface area contributed by atoms with Crippen LogP contribution in [0.2, 0.25) is 0 Å². The summed E-state index contributed by atoms with van der Waals surface area (Å²) >= 11 is 3.25. The largest absolute Gasteiger partial charge is 0.388 e. The topological polar surface area (TPSA) is 20.2 Å². The van der Waals surface area contributed by atoms with Crippen LogP contribution in [0, 0.1) is 18.6 Å². The number of hydrogen-bond acceptors (Lipinski definition) is 1. The molecule has 1 unspecified atom stereocenters. The van der Waals surface area contributed by atoms with Gasteiger partial charge in [0.15, 0.2) is 0 Å². The van der Waals surface area contributed by atoms with Crippen molar-refractivity contribution >= 4 is 15.9 Å². The molecule has 0 aromatic heterocycles. The first-order valence-electron chi connectivity index (χ1n) is 5.85. The Balaban J connectivity index is 2.27. The Labute approximate surface area is 119 Å². The molecule has 0 fully saturated rings. The van der Waals surface area contributed by atoms with E-state index in [1.807, 2.05) is 6.92 Å². The van der Waals surface area contributed by atoms with Crippen molar-refractivity contribution in [3.05, 3.63) is 69.2 Å². The highest BCUT2D eigenvalue weighted by molar-refractivity contribution is 9.10. The van der Waals surface area contributed by atoms with Crippen molar-refractivity contribution in [3.63, 3.8) is 0 Å². The molecule has 1 N–H and O–H groups in total. The number of rotatable bonds is 3. The lowest BCUT2D eigenvalue weighted by molar-refractivity contribution is 0.172. The van der Waals surface area contributed by atoms with Crippen molar-refractivity contribution < 1.29 is 13.9 Å². The van der Waals surface area contributed by atoms with Gasteiger partial charge >= 0.3 is 0 Å². The molecule has 0 aliphatic rings. The van der Waals surface area contributed by atoms with Gasteiger partial charge in [0, 0.05) is 16.5 Å². The van der Waals surface area contributed by atoms with Gasteiger partial charge in [0.1, 0.15) is 11.6 Å². The maximum Gasteiger partial charge on any atom is 0.129 e. The zero-order valence-electron chi connectivity index (χ0n) is 10.3. The van der Waals surface area contributed by atoms with Gasteiger partial charge in [-0.05, 0) is 36.8 Å². The molecule has 0 radical (unpaired) electrons. The molecule has 0 saturated heterocycles. The minimum atomic E-state index is -1.07. The van der Waals surface area contributed by atoms with Gasteiger partial charge in [-0.3, -0.25) is 0 Å². The van der Waals surface area contributed by atoms with Crippen LogP contribution in [0.3, 0.4) is 0 Å². The minimum Gasteiger partial charge on any atom is -0.388 e. The average molecular weight is 327 g/mol. The molecule has 0 saturated carbocycles. The lowest BCUT2D eigenvalue weighted by Crippen LogP contribution is -2.06. The molecule has 4 heteroatoms. The van der Waals surface area contributed by atoms with E-state index in [1.54, 1.807) is 24.3 Å². The maximum atomic E-state index is 13.6. The summed E-state index contributed by atoms with van der Waals surface area (Å²) in [6, 6.07) is 9.01. The summed E-state index contributed by atoms with van der Waals surface area (Å²) in [7, 11) is 0. The van der Waals surface area contributed by atoms with Crippen molar-refractivity contribution in [2.45, 2.75) is 19.4 Å². The van der Waals surface area contributed by atoms with Crippen LogP contribution in [0.15, 0.2) is 40.9 Å². The molecule has 2 rings (SSSR count). The normalized spacial score (nSPS) is 12.5. The van der Waals surface area contributed by atoms with Crippen LogP contribution >= 0.6 is 15.9 Å². The molecule has 0 bridgehead atoms. The Morgan fingerprint density at radius 2 is 1.79 bits per heavy atom. The first-order chi connectivity index (χ1) is 8.97. The first-order valence-corrected chi connectivity index (χ1v) is 6.64. The molecule has 100 valence electrons. The highest BCUT2D eigenvalue weighted by atomic mass is 79.9. The van der Waals surface area contributed by atoms with Crippen LogP contribution in [0.5, 0.6) is 0 Å². The summed E-state index contributed by atoms with van der Waals surface area (Å²) in [5, 5.41) is 10.1. The fraction of sp³-hybridized carbons (Fsp3) is 0.200. The molecule has 2 aromatic carbocycles. The van der Waals surface area contributed by atoms with E-state index in [4.69, 9.17) is 0 Å². The SMILES string of the molecule is Cc1ccc(F)c(C(O)Cc2cc(Br)ccc2F)c1. The third kappa shape index (κ3) is 3.39. The van der Waals surface area contributed by atoms with E-state index in [0.29, 0.717) is 5.56 Å². The van der Waals surface area contributed by atoms with Crippen LogP contribution in [0.25, 0.3) is 0 Å². The molecular weight excluding hydrogens is 314 g/mol. The number of aliphatic hydroxyl groups is 1. The maximum absolute atomic E-state index is 13.6. The minimum absolute atomic E-state index is 0.0334. The number of aryl methyl sites for hydroxylation is 1. The summed E-state index contributed by atoms with van der Waals surface area (Å²) < 4.78 is 28.0. The van der Waals surface area contributed by atoms with E-state index in [1.165, 1.54) is 12.1 Å². The van der Waals surface area contributed by atoms with Crippen molar-refractivity contribution in [2.75, 3.05) is 0 Å². The highest BCUT2D eigenvalue weighted by Gasteiger charge is 2.16. The van der Waals surface area contributed by atoms with Crippen molar-refractivity contribution in [1.29, 1.82) is 0 Å². The van der Waals surface area contributed by atoms with Crippen molar-refractivity contribution in [3.8, 4) is 0 Å². The van der Waals surface area contributed by atoms with Gasteiger partial charge in [0.2, 0.25) is 0 Å². The third-order valence-corrected chi connectivity index (χ3v) is 3.42. The highest BCUT2D eigenvalue weighted by Crippen LogP contribution is 2.25. The number of hydrogen-bond donors (Lipinski definition) is 1. The van der Waals surface area contributed by atoms with Gasteiger partial charge < -0.3 is 5.11 Å². The van der Waals surface area contributed by atoms with Gasteiger partial charge in [-0.25, -0.2) is 8.78 Å². The second-order valence-electron chi connectivity index (χ2n) is 4.48. The summed E-state index contributed by atoms with van der Waals surface area (Å²) in [4.78, 5) is 0. The van der Waals surface area contributed by atoms with Crippen molar-refractivity contribution in [2.24, 2.45) is 0 Å². The van der Waals surface area contributed by atoms with Crippen molar-refractivity contribution in [1.82, 2.24) is 0 Å². The van der Waals surface area contributed by atoms with E-state index in [0.717, 1.165) is 10.0 Å². The van der Waals surface area contributed by atoms with Crippen LogP contribution in [0.1, 0.15) is 22.8 Å². The summed E-state index contributed by atoms with van der Waals surface area (Å²) in [5.41, 5.74) is 1.40. The molecular formula is C15H13BrF2O. The standard InChI is InChI=1S/C15H13BrF2O/c1-9-2-4-14(18)12(6-9)15(19)8-10-7-11(16)3-5-13(10)17/h2-7,15,19H,8H2,1H3. The molecule has 0 amide bonds. The van der Waals surface area contributed by atoms with Gasteiger partial charge in [-0.1, -0.05) is 33.6 Å². The molecule has 0 heterocycles. The molecule has 2 aromatic rings. The lowest BCUT2D eigenvalue weighted by atomic mass is 9.99. The predicted molar refractivity (Wildman–Crippen MR) is 73.9 cm³/mol. The van der Waals surface area contributed by atoms with Crippen LogP contribution in [0.4, 0.5) is 8.78 Å². The molecule has 0 aliphatic carbocycles. The van der Waals surface area contributed by atoms with Crippen LogP contribution in [-0.2, 0) is 6.42 Å². The van der Waals surface area contributed by atoms with Gasteiger partial charge in [-0.2, -0.15) is 0 Å².